The van der Waals surface area contributed by atoms with Crippen molar-refractivity contribution in [2.24, 2.45) is 0 Å². The molecule has 1 aliphatic carbocycles. The van der Waals surface area contributed by atoms with Crippen molar-refractivity contribution >= 4 is 40.6 Å². The third kappa shape index (κ3) is 4.61. The molecule has 1 saturated carbocycles. The van der Waals surface area contributed by atoms with Gasteiger partial charge >= 0.3 is 0 Å². The van der Waals surface area contributed by atoms with Gasteiger partial charge in [0.2, 0.25) is 0 Å². The van der Waals surface area contributed by atoms with Crippen molar-refractivity contribution in [3.8, 4) is 0 Å². The number of hydrogen-bond acceptors (Lipinski definition) is 4. The number of aromatic nitrogens is 2. The second-order valence-electron chi connectivity index (χ2n) is 6.22. The second kappa shape index (κ2) is 8.02. The minimum atomic E-state index is -0.368. The van der Waals surface area contributed by atoms with E-state index in [4.69, 9.17) is 23.2 Å². The monoisotopic (exact) mass is 378 g/mol. The minimum absolute atomic E-state index is 0.279. The molecular formula is C18H20Cl2N4O. The van der Waals surface area contributed by atoms with Crippen molar-refractivity contribution < 1.29 is 4.79 Å². The number of benzene rings is 1. The molecule has 0 bridgehead atoms. The van der Waals surface area contributed by atoms with Crippen molar-refractivity contribution in [2.75, 3.05) is 10.6 Å². The fourth-order valence-electron chi connectivity index (χ4n) is 3.01. The molecule has 132 valence electrons. The van der Waals surface area contributed by atoms with Crippen LogP contribution < -0.4 is 10.6 Å². The molecule has 1 heterocycles. The molecule has 1 aromatic carbocycles. The predicted molar refractivity (Wildman–Crippen MR) is 102 cm³/mol. The molecule has 2 aromatic rings. The van der Waals surface area contributed by atoms with E-state index >= 15 is 0 Å². The molecule has 1 aliphatic rings. The van der Waals surface area contributed by atoms with Crippen molar-refractivity contribution in [1.82, 2.24) is 9.97 Å². The van der Waals surface area contributed by atoms with Crippen LogP contribution in [0.4, 0.5) is 11.5 Å². The Morgan fingerprint density at radius 2 is 1.80 bits per heavy atom. The average Bonchev–Trinajstić information content (AvgIpc) is 2.58. The Labute approximate surface area is 157 Å². The topological polar surface area (TPSA) is 66.9 Å². The molecule has 0 spiro atoms. The minimum Gasteiger partial charge on any atom is -0.367 e. The van der Waals surface area contributed by atoms with E-state index < -0.39 is 0 Å². The molecule has 25 heavy (non-hydrogen) atoms. The predicted octanol–water partition coefficient (Wildman–Crippen LogP) is 5.09. The summed E-state index contributed by atoms with van der Waals surface area (Å²) in [6, 6.07) is 7.13. The maximum absolute atomic E-state index is 12.6. The smallest absolute Gasteiger partial charge is 0.274 e. The van der Waals surface area contributed by atoms with E-state index in [1.807, 2.05) is 0 Å². The summed E-state index contributed by atoms with van der Waals surface area (Å²) in [6.45, 7) is 1.77. The highest BCUT2D eigenvalue weighted by molar-refractivity contribution is 6.40. The number of hydrogen-bond donors (Lipinski definition) is 2. The van der Waals surface area contributed by atoms with E-state index in [0.717, 1.165) is 12.8 Å². The Balaban J connectivity index is 1.78. The standard InChI is InChI=1S/C18H20Cl2N4O/c1-11-21-15(10-16(22-11)23-12-6-3-2-4-7-12)18(25)24-17-13(19)8-5-9-14(17)20/h5,8-10,12H,2-4,6-7H2,1H3,(H,24,25)(H,21,22,23). The Morgan fingerprint density at radius 3 is 2.48 bits per heavy atom. The number of anilines is 2. The number of nitrogens with one attached hydrogen (secondary N) is 2. The van der Waals surface area contributed by atoms with Crippen LogP contribution in [0.2, 0.25) is 10.0 Å². The molecular weight excluding hydrogens is 359 g/mol. The molecule has 3 rings (SSSR count). The third-order valence-electron chi connectivity index (χ3n) is 4.23. The van der Waals surface area contributed by atoms with Crippen molar-refractivity contribution in [1.29, 1.82) is 0 Å². The summed E-state index contributed by atoms with van der Waals surface area (Å²) < 4.78 is 0. The van der Waals surface area contributed by atoms with E-state index in [2.05, 4.69) is 20.6 Å². The molecule has 1 amide bonds. The Bertz CT molecular complexity index is 755. The lowest BCUT2D eigenvalue weighted by molar-refractivity contribution is 0.102. The van der Waals surface area contributed by atoms with Crippen LogP contribution in [0.3, 0.4) is 0 Å². The number of aryl methyl sites for hydroxylation is 1. The molecule has 0 aliphatic heterocycles. The van der Waals surface area contributed by atoms with E-state index in [0.29, 0.717) is 33.4 Å². The van der Waals surface area contributed by atoms with Crippen LogP contribution in [0.15, 0.2) is 24.3 Å². The van der Waals surface area contributed by atoms with Crippen LogP contribution in [0, 0.1) is 6.92 Å². The van der Waals surface area contributed by atoms with Gasteiger partial charge in [0.25, 0.3) is 5.91 Å². The van der Waals surface area contributed by atoms with Crippen LogP contribution in [0.5, 0.6) is 0 Å². The van der Waals surface area contributed by atoms with Crippen molar-refractivity contribution in [3.05, 3.63) is 45.8 Å². The Kier molecular flexibility index (Phi) is 5.76. The zero-order valence-corrected chi connectivity index (χ0v) is 15.5. The summed E-state index contributed by atoms with van der Waals surface area (Å²) in [5, 5.41) is 6.92. The van der Waals surface area contributed by atoms with Gasteiger partial charge in [-0.2, -0.15) is 0 Å². The molecule has 7 heteroatoms. The largest absolute Gasteiger partial charge is 0.367 e. The normalized spacial score (nSPS) is 15.0. The molecule has 0 saturated heterocycles. The molecule has 5 nitrogen and oxygen atoms in total. The Hall–Kier alpha value is -1.85. The zero-order chi connectivity index (χ0) is 17.8. The van der Waals surface area contributed by atoms with E-state index in [1.54, 1.807) is 31.2 Å². The summed E-state index contributed by atoms with van der Waals surface area (Å²) in [5.41, 5.74) is 0.663. The summed E-state index contributed by atoms with van der Waals surface area (Å²) in [4.78, 5) is 21.2. The quantitative estimate of drug-likeness (QED) is 0.777. The van der Waals surface area contributed by atoms with Gasteiger partial charge in [0.15, 0.2) is 0 Å². The van der Waals surface area contributed by atoms with Crippen molar-refractivity contribution in [3.63, 3.8) is 0 Å². The molecule has 2 N–H and O–H groups in total. The maximum atomic E-state index is 12.6. The van der Waals surface area contributed by atoms with Crippen LogP contribution in [0.25, 0.3) is 0 Å². The molecule has 0 atom stereocenters. The van der Waals surface area contributed by atoms with E-state index in [-0.39, 0.29) is 11.6 Å². The van der Waals surface area contributed by atoms with Gasteiger partial charge in [-0.3, -0.25) is 4.79 Å². The molecule has 0 unspecified atom stereocenters. The zero-order valence-electron chi connectivity index (χ0n) is 14.0. The average molecular weight is 379 g/mol. The third-order valence-corrected chi connectivity index (χ3v) is 4.86. The summed E-state index contributed by atoms with van der Waals surface area (Å²) in [5.74, 6) is 0.846. The molecule has 0 radical (unpaired) electrons. The summed E-state index contributed by atoms with van der Waals surface area (Å²) in [7, 11) is 0. The highest BCUT2D eigenvalue weighted by atomic mass is 35.5. The number of amides is 1. The fourth-order valence-corrected chi connectivity index (χ4v) is 3.50. The van der Waals surface area contributed by atoms with Gasteiger partial charge in [0.1, 0.15) is 17.3 Å². The van der Waals surface area contributed by atoms with Gasteiger partial charge in [-0.25, -0.2) is 9.97 Å². The first kappa shape index (κ1) is 18.0. The lowest BCUT2D eigenvalue weighted by atomic mass is 9.95. The maximum Gasteiger partial charge on any atom is 0.274 e. The van der Waals surface area contributed by atoms with Crippen LogP contribution in [-0.4, -0.2) is 21.9 Å². The number of carbonyl (C=O) groups is 1. The van der Waals surface area contributed by atoms with E-state index in [9.17, 15) is 4.79 Å². The first-order valence-corrected chi connectivity index (χ1v) is 9.16. The van der Waals surface area contributed by atoms with Gasteiger partial charge in [-0.05, 0) is 31.9 Å². The summed E-state index contributed by atoms with van der Waals surface area (Å²) >= 11 is 12.2. The second-order valence-corrected chi connectivity index (χ2v) is 7.03. The number of rotatable bonds is 4. The first-order chi connectivity index (χ1) is 12.0. The summed E-state index contributed by atoms with van der Waals surface area (Å²) in [6.07, 6.45) is 5.98. The molecule has 1 aromatic heterocycles. The highest BCUT2D eigenvalue weighted by Crippen LogP contribution is 2.30. The van der Waals surface area contributed by atoms with Crippen LogP contribution in [0.1, 0.15) is 48.4 Å². The van der Waals surface area contributed by atoms with Gasteiger partial charge in [-0.1, -0.05) is 48.5 Å². The highest BCUT2D eigenvalue weighted by Gasteiger charge is 2.17. The Morgan fingerprint density at radius 1 is 1.12 bits per heavy atom. The van der Waals surface area contributed by atoms with Crippen LogP contribution in [-0.2, 0) is 0 Å². The number of carbonyl (C=O) groups excluding carboxylic acids is 1. The lowest BCUT2D eigenvalue weighted by Crippen LogP contribution is -2.24. The number of para-hydroxylation sites is 1. The SMILES string of the molecule is Cc1nc(NC2CCCCC2)cc(C(=O)Nc2c(Cl)cccc2Cl)n1. The first-order valence-electron chi connectivity index (χ1n) is 8.40. The van der Waals surface area contributed by atoms with Gasteiger partial charge in [0, 0.05) is 12.1 Å². The lowest BCUT2D eigenvalue weighted by Gasteiger charge is -2.23. The number of halogens is 2. The fraction of sp³-hybridized carbons (Fsp3) is 0.389. The van der Waals surface area contributed by atoms with Gasteiger partial charge in [0.05, 0.1) is 15.7 Å². The molecule has 1 fully saturated rings. The van der Waals surface area contributed by atoms with Crippen molar-refractivity contribution in [2.45, 2.75) is 45.1 Å². The van der Waals surface area contributed by atoms with Gasteiger partial charge in [-0.15, -0.1) is 0 Å². The van der Waals surface area contributed by atoms with Gasteiger partial charge < -0.3 is 10.6 Å². The van der Waals surface area contributed by atoms with E-state index in [1.165, 1.54) is 19.3 Å². The van der Waals surface area contributed by atoms with Crippen LogP contribution >= 0.6 is 23.2 Å². The number of nitrogens with zero attached hydrogens (tertiary/aromatic N) is 2.